The number of rotatable bonds is 15. The van der Waals surface area contributed by atoms with Crippen LogP contribution in [0.3, 0.4) is 0 Å². The van der Waals surface area contributed by atoms with Crippen LogP contribution in [0.1, 0.15) is 90.4 Å². The number of hydrogen-bond acceptors (Lipinski definition) is 3. The lowest BCUT2D eigenvalue weighted by Crippen LogP contribution is -1.99. The molecule has 0 atom stereocenters. The van der Waals surface area contributed by atoms with Gasteiger partial charge >= 0.3 is 11.9 Å². The number of allylic oxidation sites excluding steroid dienone is 1. The molecule has 0 amide bonds. The van der Waals surface area contributed by atoms with Crippen LogP contribution in [0, 0.1) is 0 Å². The Balaban J connectivity index is 3.28. The molecule has 0 rings (SSSR count). The van der Waals surface area contributed by atoms with Crippen molar-refractivity contribution in [2.75, 3.05) is 0 Å². The van der Waals surface area contributed by atoms with E-state index in [-0.39, 0.29) is 12.4 Å². The van der Waals surface area contributed by atoms with Crippen LogP contribution in [0.4, 0.5) is 0 Å². The topological polar surface area (TPSA) is 63.6 Å². The Morgan fingerprint density at radius 2 is 1.45 bits per heavy atom. The predicted octanol–water partition coefficient (Wildman–Crippen LogP) is 5.22. The minimum atomic E-state index is -0.721. The van der Waals surface area contributed by atoms with Gasteiger partial charge in [0.1, 0.15) is 0 Å². The van der Waals surface area contributed by atoms with Crippen LogP contribution in [0.15, 0.2) is 12.3 Å². The Morgan fingerprint density at radius 1 is 0.864 bits per heavy atom. The lowest BCUT2D eigenvalue weighted by atomic mass is 10.1. The van der Waals surface area contributed by atoms with Gasteiger partial charge < -0.3 is 9.84 Å². The van der Waals surface area contributed by atoms with E-state index in [1.54, 1.807) is 0 Å². The quantitative estimate of drug-likeness (QED) is 0.256. The molecule has 0 aromatic heterocycles. The second kappa shape index (κ2) is 16.1. The number of unbranched alkanes of at least 4 members (excludes halogenated alkanes) is 9. The predicted molar refractivity (Wildman–Crippen MR) is 88.6 cm³/mol. The molecule has 0 heterocycles. The van der Waals surface area contributed by atoms with Gasteiger partial charge in [-0.1, -0.05) is 51.9 Å². The number of hydrogen-bond donors (Lipinski definition) is 1. The molecule has 0 bridgehead atoms. The molecule has 0 saturated heterocycles. The lowest BCUT2D eigenvalue weighted by molar-refractivity contribution is -0.138. The Bertz CT molecular complexity index is 310. The summed E-state index contributed by atoms with van der Waals surface area (Å²) in [6, 6.07) is 0. The third-order valence-corrected chi connectivity index (χ3v) is 3.54. The molecule has 0 radical (unpaired) electrons. The molecule has 0 unspecified atom stereocenters. The van der Waals surface area contributed by atoms with Crippen molar-refractivity contribution in [1.29, 1.82) is 0 Å². The van der Waals surface area contributed by atoms with E-state index in [0.717, 1.165) is 51.4 Å². The summed E-state index contributed by atoms with van der Waals surface area (Å²) in [5.74, 6) is -0.878. The van der Waals surface area contributed by atoms with Crippen LogP contribution < -0.4 is 0 Å². The van der Waals surface area contributed by atoms with Crippen molar-refractivity contribution < 1.29 is 19.4 Å². The highest BCUT2D eigenvalue weighted by atomic mass is 16.5. The van der Waals surface area contributed by atoms with Crippen LogP contribution in [0.5, 0.6) is 0 Å². The number of ether oxygens (including phenoxy) is 1. The van der Waals surface area contributed by atoms with Crippen molar-refractivity contribution in [1.82, 2.24) is 0 Å². The third kappa shape index (κ3) is 16.7. The molecule has 22 heavy (non-hydrogen) atoms. The number of carboxylic acids is 1. The Morgan fingerprint density at radius 3 is 2.09 bits per heavy atom. The number of carbonyl (C=O) groups is 2. The summed E-state index contributed by atoms with van der Waals surface area (Å²) < 4.78 is 5.04. The number of carbonyl (C=O) groups excluding carboxylic acids is 1. The van der Waals surface area contributed by atoms with Crippen molar-refractivity contribution in [3.63, 3.8) is 0 Å². The van der Waals surface area contributed by atoms with E-state index in [1.165, 1.54) is 25.5 Å². The zero-order chi connectivity index (χ0) is 16.5. The molecule has 4 heteroatoms. The molecule has 0 aromatic carbocycles. The van der Waals surface area contributed by atoms with Gasteiger partial charge in [-0.25, -0.2) is 0 Å². The molecule has 128 valence electrons. The summed E-state index contributed by atoms with van der Waals surface area (Å²) in [7, 11) is 0. The molecule has 4 nitrogen and oxygen atoms in total. The first-order valence-corrected chi connectivity index (χ1v) is 8.73. The zero-order valence-corrected chi connectivity index (χ0v) is 14.0. The van der Waals surface area contributed by atoms with Gasteiger partial charge in [-0.3, -0.25) is 9.59 Å². The SMILES string of the molecule is CCCCCCC=COC(=O)CCCCCCCCC(=O)O. The average Bonchev–Trinajstić information content (AvgIpc) is 2.48. The van der Waals surface area contributed by atoms with Gasteiger partial charge in [0.05, 0.1) is 6.26 Å². The maximum atomic E-state index is 11.4. The minimum absolute atomic E-state index is 0.157. The van der Waals surface area contributed by atoms with Crippen molar-refractivity contribution in [3.8, 4) is 0 Å². The van der Waals surface area contributed by atoms with Crippen LogP contribution in [0.2, 0.25) is 0 Å². The first-order chi connectivity index (χ1) is 10.7. The number of aliphatic carboxylic acids is 1. The maximum Gasteiger partial charge on any atom is 0.310 e. The standard InChI is InChI=1S/C18H32O4/c1-2-3-4-5-10-13-16-22-18(21)15-12-9-7-6-8-11-14-17(19)20/h13,16H,2-12,14-15H2,1H3,(H,19,20). The summed E-state index contributed by atoms with van der Waals surface area (Å²) in [5.41, 5.74) is 0. The maximum absolute atomic E-state index is 11.4. The molecule has 0 aliphatic rings. The van der Waals surface area contributed by atoms with Gasteiger partial charge in [-0.15, -0.1) is 0 Å². The van der Waals surface area contributed by atoms with Crippen LogP contribution in [0.25, 0.3) is 0 Å². The van der Waals surface area contributed by atoms with Crippen LogP contribution in [-0.2, 0) is 14.3 Å². The highest BCUT2D eigenvalue weighted by molar-refractivity contribution is 5.69. The second-order valence-corrected chi connectivity index (χ2v) is 5.73. The molecule has 0 saturated carbocycles. The molecular weight excluding hydrogens is 280 g/mol. The van der Waals surface area contributed by atoms with Gasteiger partial charge in [0.15, 0.2) is 0 Å². The fraction of sp³-hybridized carbons (Fsp3) is 0.778. The van der Waals surface area contributed by atoms with Gasteiger partial charge in [0.2, 0.25) is 0 Å². The molecule has 0 aliphatic heterocycles. The zero-order valence-electron chi connectivity index (χ0n) is 14.0. The van der Waals surface area contributed by atoms with Gasteiger partial charge in [0, 0.05) is 12.8 Å². The van der Waals surface area contributed by atoms with Gasteiger partial charge in [-0.2, -0.15) is 0 Å². The summed E-state index contributed by atoms with van der Waals surface area (Å²) in [6.07, 6.45) is 15.7. The summed E-state index contributed by atoms with van der Waals surface area (Å²) in [4.78, 5) is 21.8. The molecule has 0 spiro atoms. The van der Waals surface area contributed by atoms with Crippen molar-refractivity contribution in [2.24, 2.45) is 0 Å². The summed E-state index contributed by atoms with van der Waals surface area (Å²) >= 11 is 0. The fourth-order valence-corrected chi connectivity index (χ4v) is 2.19. The lowest BCUT2D eigenvalue weighted by Gasteiger charge is -2.01. The first-order valence-electron chi connectivity index (χ1n) is 8.73. The Hall–Kier alpha value is -1.32. The average molecular weight is 312 g/mol. The van der Waals surface area contributed by atoms with E-state index in [0.29, 0.717) is 6.42 Å². The summed E-state index contributed by atoms with van der Waals surface area (Å²) in [5, 5.41) is 8.50. The molecule has 0 aromatic rings. The molecule has 0 fully saturated rings. The number of esters is 1. The van der Waals surface area contributed by atoms with E-state index >= 15 is 0 Å². The Kier molecular flexibility index (Phi) is 15.1. The van der Waals surface area contributed by atoms with E-state index in [9.17, 15) is 9.59 Å². The third-order valence-electron chi connectivity index (χ3n) is 3.54. The largest absolute Gasteiger partial charge is 0.481 e. The molecule has 1 N–H and O–H groups in total. The fourth-order valence-electron chi connectivity index (χ4n) is 2.19. The van der Waals surface area contributed by atoms with E-state index < -0.39 is 5.97 Å². The van der Waals surface area contributed by atoms with Crippen LogP contribution >= 0.6 is 0 Å². The minimum Gasteiger partial charge on any atom is -0.481 e. The summed E-state index contributed by atoms with van der Waals surface area (Å²) in [6.45, 7) is 2.19. The normalized spacial score (nSPS) is 11.0. The van der Waals surface area contributed by atoms with E-state index in [4.69, 9.17) is 9.84 Å². The smallest absolute Gasteiger partial charge is 0.310 e. The second-order valence-electron chi connectivity index (χ2n) is 5.73. The highest BCUT2D eigenvalue weighted by Gasteiger charge is 2.01. The number of carboxylic acid groups (broad SMARTS) is 1. The Labute approximate surface area is 134 Å². The molecular formula is C18H32O4. The van der Waals surface area contributed by atoms with E-state index in [1.807, 2.05) is 6.08 Å². The van der Waals surface area contributed by atoms with Gasteiger partial charge in [0.25, 0.3) is 0 Å². The van der Waals surface area contributed by atoms with Crippen molar-refractivity contribution in [3.05, 3.63) is 12.3 Å². The van der Waals surface area contributed by atoms with E-state index in [2.05, 4.69) is 6.92 Å². The van der Waals surface area contributed by atoms with Gasteiger partial charge in [-0.05, 0) is 31.8 Å². The molecule has 0 aliphatic carbocycles. The van der Waals surface area contributed by atoms with Crippen LogP contribution in [-0.4, -0.2) is 17.0 Å². The highest BCUT2D eigenvalue weighted by Crippen LogP contribution is 2.09. The monoisotopic (exact) mass is 312 g/mol. The van der Waals surface area contributed by atoms with Crippen molar-refractivity contribution in [2.45, 2.75) is 90.4 Å². The van der Waals surface area contributed by atoms with Crippen molar-refractivity contribution >= 4 is 11.9 Å². The first kappa shape index (κ1) is 20.7.